The molecule has 1 aromatic carbocycles. The zero-order chi connectivity index (χ0) is 17.2. The fraction of sp³-hybridized carbons (Fsp3) is 0.529. The summed E-state index contributed by atoms with van der Waals surface area (Å²) >= 11 is 0. The highest BCUT2D eigenvalue weighted by atomic mass is 16.8. The van der Waals surface area contributed by atoms with E-state index in [1.165, 1.54) is 0 Å². The summed E-state index contributed by atoms with van der Waals surface area (Å²) in [5.74, 6) is 0.404. The number of hydrogen-bond donors (Lipinski definition) is 1. The molecule has 3 heterocycles. The Morgan fingerprint density at radius 1 is 1.24 bits per heavy atom. The van der Waals surface area contributed by atoms with Crippen LogP contribution in [0.25, 0.3) is 0 Å². The molecule has 0 saturated carbocycles. The summed E-state index contributed by atoms with van der Waals surface area (Å²) < 4.78 is 16.0. The first-order chi connectivity index (χ1) is 12.2. The zero-order valence-corrected chi connectivity index (χ0v) is 13.7. The van der Waals surface area contributed by atoms with E-state index in [0.29, 0.717) is 30.3 Å². The van der Waals surface area contributed by atoms with Crippen molar-refractivity contribution in [2.24, 2.45) is 5.92 Å². The maximum absolute atomic E-state index is 12.3. The summed E-state index contributed by atoms with van der Waals surface area (Å²) in [6, 6.07) is 5.31. The van der Waals surface area contributed by atoms with Crippen LogP contribution < -0.4 is 19.9 Å². The Labute approximate surface area is 144 Å². The lowest BCUT2D eigenvalue weighted by Gasteiger charge is -2.23. The molecule has 8 nitrogen and oxygen atoms in total. The summed E-state index contributed by atoms with van der Waals surface area (Å²) in [5, 5.41) is 0. The smallest absolute Gasteiger partial charge is 0.249 e. The molecule has 25 heavy (non-hydrogen) atoms. The van der Waals surface area contributed by atoms with Gasteiger partial charge in [0.25, 0.3) is 0 Å². The SMILES string of the molecule is O=C(NO[C@H]1CCCCO1)[C@@H]1CC(=O)N(c2ccc3c(c2)OCO3)C1. The highest BCUT2D eigenvalue weighted by molar-refractivity contribution is 6.00. The number of hydroxylamine groups is 1. The van der Waals surface area contributed by atoms with Gasteiger partial charge < -0.3 is 19.1 Å². The van der Waals surface area contributed by atoms with Crippen LogP contribution in [-0.2, 0) is 19.2 Å². The lowest BCUT2D eigenvalue weighted by atomic mass is 10.1. The maximum Gasteiger partial charge on any atom is 0.249 e. The number of fused-ring (bicyclic) bond motifs is 1. The molecule has 0 bridgehead atoms. The van der Waals surface area contributed by atoms with E-state index in [9.17, 15) is 9.59 Å². The normalized spacial score (nSPS) is 25.3. The van der Waals surface area contributed by atoms with Crippen molar-refractivity contribution in [3.63, 3.8) is 0 Å². The molecule has 0 aromatic heterocycles. The van der Waals surface area contributed by atoms with Crippen LogP contribution in [0.3, 0.4) is 0 Å². The minimum absolute atomic E-state index is 0.104. The van der Waals surface area contributed by atoms with Crippen molar-refractivity contribution in [3.8, 4) is 11.5 Å². The Balaban J connectivity index is 1.35. The quantitative estimate of drug-likeness (QED) is 0.827. The van der Waals surface area contributed by atoms with Gasteiger partial charge in [-0.15, -0.1) is 0 Å². The minimum Gasteiger partial charge on any atom is -0.454 e. The number of benzene rings is 1. The standard InChI is InChI=1S/C17H20N2O6/c20-15-7-11(17(21)18-25-16-3-1-2-6-22-16)9-19(15)12-4-5-13-14(8-12)24-10-23-13/h4-5,8,11,16H,1-3,6-7,9-10H2,(H,18,21)/t11-,16+/m1/s1. The number of carbonyl (C=O) groups excluding carboxylic acids is 2. The first kappa shape index (κ1) is 16.2. The third-order valence-corrected chi connectivity index (χ3v) is 4.59. The van der Waals surface area contributed by atoms with Crippen LogP contribution in [0.15, 0.2) is 18.2 Å². The second-order valence-corrected chi connectivity index (χ2v) is 6.32. The van der Waals surface area contributed by atoms with Crippen LogP contribution in [0, 0.1) is 5.92 Å². The van der Waals surface area contributed by atoms with E-state index < -0.39 is 12.2 Å². The van der Waals surface area contributed by atoms with Gasteiger partial charge in [0.2, 0.25) is 18.6 Å². The molecule has 1 N–H and O–H groups in total. The van der Waals surface area contributed by atoms with Crippen molar-refractivity contribution < 1.29 is 28.6 Å². The molecule has 2 fully saturated rings. The molecule has 0 aliphatic carbocycles. The van der Waals surface area contributed by atoms with Crippen molar-refractivity contribution in [1.29, 1.82) is 0 Å². The summed E-state index contributed by atoms with van der Waals surface area (Å²) in [4.78, 5) is 31.5. The Morgan fingerprint density at radius 3 is 2.96 bits per heavy atom. The summed E-state index contributed by atoms with van der Waals surface area (Å²) in [7, 11) is 0. The minimum atomic E-state index is -0.457. The van der Waals surface area contributed by atoms with E-state index in [-0.39, 0.29) is 25.0 Å². The van der Waals surface area contributed by atoms with Crippen LogP contribution in [0.5, 0.6) is 11.5 Å². The van der Waals surface area contributed by atoms with Crippen LogP contribution >= 0.6 is 0 Å². The van der Waals surface area contributed by atoms with Crippen molar-refractivity contribution in [2.75, 3.05) is 24.8 Å². The third-order valence-electron chi connectivity index (χ3n) is 4.59. The summed E-state index contributed by atoms with van der Waals surface area (Å²) in [6.45, 7) is 1.12. The number of carbonyl (C=O) groups is 2. The van der Waals surface area contributed by atoms with Crippen LogP contribution in [0.2, 0.25) is 0 Å². The third kappa shape index (κ3) is 3.40. The lowest BCUT2D eigenvalue weighted by Crippen LogP contribution is -2.37. The van der Waals surface area contributed by atoms with Gasteiger partial charge in [-0.2, -0.15) is 0 Å². The Bertz CT molecular complexity index is 673. The van der Waals surface area contributed by atoms with E-state index in [0.717, 1.165) is 19.3 Å². The van der Waals surface area contributed by atoms with Gasteiger partial charge in [0, 0.05) is 37.7 Å². The molecule has 134 valence electrons. The van der Waals surface area contributed by atoms with Gasteiger partial charge in [0.15, 0.2) is 17.8 Å². The van der Waals surface area contributed by atoms with Crippen molar-refractivity contribution >= 4 is 17.5 Å². The molecule has 0 spiro atoms. The van der Waals surface area contributed by atoms with Gasteiger partial charge >= 0.3 is 0 Å². The fourth-order valence-electron chi connectivity index (χ4n) is 3.20. The van der Waals surface area contributed by atoms with Crippen molar-refractivity contribution in [2.45, 2.75) is 32.0 Å². The first-order valence-electron chi connectivity index (χ1n) is 8.48. The van der Waals surface area contributed by atoms with Crippen LogP contribution in [0.1, 0.15) is 25.7 Å². The fourth-order valence-corrected chi connectivity index (χ4v) is 3.20. The molecular weight excluding hydrogens is 328 g/mol. The number of nitrogens with one attached hydrogen (secondary N) is 1. The second kappa shape index (κ2) is 6.89. The molecule has 2 saturated heterocycles. The van der Waals surface area contributed by atoms with Gasteiger partial charge in [-0.05, 0) is 25.0 Å². The van der Waals surface area contributed by atoms with Gasteiger partial charge in [-0.25, -0.2) is 10.3 Å². The van der Waals surface area contributed by atoms with E-state index >= 15 is 0 Å². The van der Waals surface area contributed by atoms with Crippen LogP contribution in [-0.4, -0.2) is 38.0 Å². The predicted octanol–water partition coefficient (Wildman–Crippen LogP) is 1.34. The average Bonchev–Trinajstić information content (AvgIpc) is 3.26. The van der Waals surface area contributed by atoms with Gasteiger partial charge in [-0.1, -0.05) is 0 Å². The van der Waals surface area contributed by atoms with E-state index in [1.54, 1.807) is 23.1 Å². The summed E-state index contributed by atoms with van der Waals surface area (Å²) in [5.41, 5.74) is 3.14. The molecule has 4 rings (SSSR count). The van der Waals surface area contributed by atoms with E-state index in [2.05, 4.69) is 5.48 Å². The largest absolute Gasteiger partial charge is 0.454 e. The van der Waals surface area contributed by atoms with Gasteiger partial charge in [-0.3, -0.25) is 9.59 Å². The predicted molar refractivity (Wildman–Crippen MR) is 85.8 cm³/mol. The first-order valence-corrected chi connectivity index (χ1v) is 8.48. The van der Waals surface area contributed by atoms with E-state index in [4.69, 9.17) is 19.0 Å². The van der Waals surface area contributed by atoms with Gasteiger partial charge in [0.1, 0.15) is 0 Å². The molecule has 2 amide bonds. The number of nitrogens with zero attached hydrogens (tertiary/aromatic N) is 1. The number of hydrogen-bond acceptors (Lipinski definition) is 6. The average molecular weight is 348 g/mol. The number of rotatable bonds is 4. The monoisotopic (exact) mass is 348 g/mol. The highest BCUT2D eigenvalue weighted by Gasteiger charge is 2.36. The Hall–Kier alpha value is -2.32. The molecule has 0 radical (unpaired) electrons. The lowest BCUT2D eigenvalue weighted by molar-refractivity contribution is -0.201. The molecular formula is C17H20N2O6. The molecule has 3 aliphatic rings. The Morgan fingerprint density at radius 2 is 2.12 bits per heavy atom. The molecule has 1 aromatic rings. The molecule has 2 atom stereocenters. The van der Waals surface area contributed by atoms with Crippen molar-refractivity contribution in [1.82, 2.24) is 5.48 Å². The zero-order valence-electron chi connectivity index (χ0n) is 13.7. The molecule has 8 heteroatoms. The van der Waals surface area contributed by atoms with Crippen LogP contribution in [0.4, 0.5) is 5.69 Å². The molecule has 0 unspecified atom stereocenters. The number of amides is 2. The second-order valence-electron chi connectivity index (χ2n) is 6.32. The van der Waals surface area contributed by atoms with Crippen molar-refractivity contribution in [3.05, 3.63) is 18.2 Å². The highest BCUT2D eigenvalue weighted by Crippen LogP contribution is 2.37. The number of ether oxygens (including phenoxy) is 3. The maximum atomic E-state index is 12.3. The molecule has 3 aliphatic heterocycles. The van der Waals surface area contributed by atoms with E-state index in [1.807, 2.05) is 0 Å². The summed E-state index contributed by atoms with van der Waals surface area (Å²) in [6.07, 6.45) is 2.53. The van der Waals surface area contributed by atoms with Gasteiger partial charge in [0.05, 0.1) is 5.92 Å². The Kier molecular flexibility index (Phi) is 4.46. The number of anilines is 1. The topological polar surface area (TPSA) is 86.3 Å².